The molecule has 5 nitrogen and oxygen atoms in total. The molecule has 0 fully saturated rings. The lowest BCUT2D eigenvalue weighted by molar-refractivity contribution is -0.118. The number of benzene rings is 2. The number of hydrogen-bond acceptors (Lipinski definition) is 3. The van der Waals surface area contributed by atoms with Crippen LogP contribution in [-0.4, -0.2) is 38.0 Å². The van der Waals surface area contributed by atoms with Gasteiger partial charge in [-0.05, 0) is 30.0 Å². The molecule has 3 rings (SSSR count). The number of amides is 1. The lowest BCUT2D eigenvalue weighted by atomic mass is 10.0. The van der Waals surface area contributed by atoms with Gasteiger partial charge >= 0.3 is 0 Å². The Morgan fingerprint density at radius 1 is 1.08 bits per heavy atom. The molecule has 2 aromatic carbocycles. The number of fused-ring (bicyclic) bond motifs is 1. The zero-order valence-electron chi connectivity index (χ0n) is 15.0. The van der Waals surface area contributed by atoms with E-state index in [0.29, 0.717) is 6.54 Å². The van der Waals surface area contributed by atoms with Crippen LogP contribution in [0.4, 0.5) is 5.69 Å². The zero-order valence-corrected chi connectivity index (χ0v) is 15.8. The summed E-state index contributed by atoms with van der Waals surface area (Å²) in [6.45, 7) is 1.15. The Morgan fingerprint density at radius 3 is 2.50 bits per heavy atom. The second kappa shape index (κ2) is 8.01. The monoisotopic (exact) mass is 372 g/mol. The van der Waals surface area contributed by atoms with Gasteiger partial charge in [-0.2, -0.15) is 4.31 Å². The van der Waals surface area contributed by atoms with Crippen molar-refractivity contribution in [2.45, 2.75) is 25.8 Å². The molecule has 0 bridgehead atoms. The third-order valence-corrected chi connectivity index (χ3v) is 5.91. The van der Waals surface area contributed by atoms with Gasteiger partial charge in [-0.3, -0.25) is 4.79 Å². The van der Waals surface area contributed by atoms with Gasteiger partial charge < -0.3 is 4.90 Å². The molecular formula is C20H24N2O3S. The van der Waals surface area contributed by atoms with E-state index in [1.165, 1.54) is 16.1 Å². The van der Waals surface area contributed by atoms with Gasteiger partial charge in [0, 0.05) is 31.7 Å². The number of carbonyl (C=O) groups excluding carboxylic acids is 1. The van der Waals surface area contributed by atoms with Gasteiger partial charge in [0.15, 0.2) is 0 Å². The topological polar surface area (TPSA) is 57.7 Å². The molecule has 1 amide bonds. The summed E-state index contributed by atoms with van der Waals surface area (Å²) in [4.78, 5) is 14.5. The molecule has 0 spiro atoms. The molecule has 0 aromatic heterocycles. The average Bonchev–Trinajstić information content (AvgIpc) is 2.64. The minimum Gasteiger partial charge on any atom is -0.312 e. The minimum atomic E-state index is -3.39. The molecule has 138 valence electrons. The summed E-state index contributed by atoms with van der Waals surface area (Å²) < 4.78 is 25.6. The fourth-order valence-corrected chi connectivity index (χ4v) is 4.10. The highest BCUT2D eigenvalue weighted by Gasteiger charge is 2.24. The maximum absolute atomic E-state index is 12.7. The first-order valence-corrected chi connectivity index (χ1v) is 10.7. The van der Waals surface area contributed by atoms with Crippen molar-refractivity contribution >= 4 is 21.6 Å². The number of para-hydroxylation sites is 1. The van der Waals surface area contributed by atoms with Gasteiger partial charge in [0.1, 0.15) is 0 Å². The summed E-state index contributed by atoms with van der Waals surface area (Å²) in [5, 5.41) is 0. The van der Waals surface area contributed by atoms with E-state index in [1.807, 2.05) is 54.6 Å². The predicted molar refractivity (Wildman–Crippen MR) is 103 cm³/mol. The van der Waals surface area contributed by atoms with Crippen LogP contribution in [0, 0.1) is 0 Å². The number of anilines is 1. The van der Waals surface area contributed by atoms with Crippen LogP contribution in [0.1, 0.15) is 24.0 Å². The number of sulfonamides is 1. The van der Waals surface area contributed by atoms with Crippen LogP contribution in [0.25, 0.3) is 0 Å². The van der Waals surface area contributed by atoms with Crippen LogP contribution in [0.2, 0.25) is 0 Å². The van der Waals surface area contributed by atoms with Crippen molar-refractivity contribution in [2.24, 2.45) is 0 Å². The Hall–Kier alpha value is -2.18. The summed E-state index contributed by atoms with van der Waals surface area (Å²) in [7, 11) is -3.39. The summed E-state index contributed by atoms with van der Waals surface area (Å²) in [6.07, 6.45) is 3.27. The van der Waals surface area contributed by atoms with Gasteiger partial charge in [-0.1, -0.05) is 48.5 Å². The maximum Gasteiger partial charge on any atom is 0.228 e. The molecule has 1 aliphatic rings. The van der Waals surface area contributed by atoms with E-state index in [4.69, 9.17) is 0 Å². The van der Waals surface area contributed by atoms with E-state index < -0.39 is 10.0 Å². The number of nitrogens with zero attached hydrogens (tertiary/aromatic N) is 2. The largest absolute Gasteiger partial charge is 0.312 e. The first kappa shape index (κ1) is 18.6. The molecule has 1 heterocycles. The normalized spacial score (nSPS) is 14.3. The molecule has 1 aliphatic heterocycles. The maximum atomic E-state index is 12.7. The molecular weight excluding hydrogens is 348 g/mol. The summed E-state index contributed by atoms with van der Waals surface area (Å²) in [5.41, 5.74) is 3.04. The zero-order chi connectivity index (χ0) is 18.6. The van der Waals surface area contributed by atoms with Crippen molar-refractivity contribution in [1.29, 1.82) is 0 Å². The molecule has 0 saturated carbocycles. The first-order chi connectivity index (χ1) is 12.4. The summed E-state index contributed by atoms with van der Waals surface area (Å²) in [6, 6.07) is 17.4. The molecule has 0 unspecified atom stereocenters. The average molecular weight is 372 g/mol. The Morgan fingerprint density at radius 2 is 1.77 bits per heavy atom. The van der Waals surface area contributed by atoms with E-state index in [0.717, 1.165) is 24.1 Å². The van der Waals surface area contributed by atoms with Gasteiger partial charge in [0.2, 0.25) is 15.9 Å². The highest BCUT2D eigenvalue weighted by Crippen LogP contribution is 2.27. The van der Waals surface area contributed by atoms with Gasteiger partial charge in [0.05, 0.1) is 6.26 Å². The van der Waals surface area contributed by atoms with Crippen LogP contribution >= 0.6 is 0 Å². The van der Waals surface area contributed by atoms with Crippen molar-refractivity contribution in [2.75, 3.05) is 24.2 Å². The predicted octanol–water partition coefficient (Wildman–Crippen LogP) is 2.82. The molecule has 26 heavy (non-hydrogen) atoms. The van der Waals surface area contributed by atoms with Crippen molar-refractivity contribution in [3.8, 4) is 0 Å². The molecule has 0 radical (unpaired) electrons. The van der Waals surface area contributed by atoms with E-state index in [9.17, 15) is 13.2 Å². The number of hydrogen-bond donors (Lipinski definition) is 0. The highest BCUT2D eigenvalue weighted by molar-refractivity contribution is 7.88. The Balaban J connectivity index is 1.69. The van der Waals surface area contributed by atoms with Crippen LogP contribution in [-0.2, 0) is 27.8 Å². The Labute approximate surface area is 155 Å². The first-order valence-electron chi connectivity index (χ1n) is 8.82. The standard InChI is InChI=1S/C20H24N2O3S/c1-26(24,25)21(16-17-8-3-2-4-9-17)15-13-20(23)22-14-7-11-18-10-5-6-12-19(18)22/h2-6,8-10,12H,7,11,13-16H2,1H3. The van der Waals surface area contributed by atoms with Gasteiger partial charge in [-0.15, -0.1) is 0 Å². The number of carbonyl (C=O) groups is 1. The third kappa shape index (κ3) is 4.51. The molecule has 6 heteroatoms. The van der Waals surface area contributed by atoms with E-state index in [1.54, 1.807) is 4.90 Å². The van der Waals surface area contributed by atoms with E-state index in [-0.39, 0.29) is 25.4 Å². The van der Waals surface area contributed by atoms with Crippen molar-refractivity contribution < 1.29 is 13.2 Å². The Bertz CT molecular complexity index is 866. The fraction of sp³-hybridized carbons (Fsp3) is 0.350. The molecule has 0 N–H and O–H groups in total. The van der Waals surface area contributed by atoms with Crippen molar-refractivity contribution in [3.05, 3.63) is 65.7 Å². The lowest BCUT2D eigenvalue weighted by Gasteiger charge is -2.30. The molecule has 0 saturated heterocycles. The quantitative estimate of drug-likeness (QED) is 0.783. The van der Waals surface area contributed by atoms with Crippen LogP contribution in [0.5, 0.6) is 0 Å². The summed E-state index contributed by atoms with van der Waals surface area (Å²) >= 11 is 0. The SMILES string of the molecule is CS(=O)(=O)N(CCC(=O)N1CCCc2ccccc21)Cc1ccccc1. The molecule has 2 aromatic rings. The van der Waals surface area contributed by atoms with Crippen LogP contribution in [0.15, 0.2) is 54.6 Å². The van der Waals surface area contributed by atoms with Crippen molar-refractivity contribution in [3.63, 3.8) is 0 Å². The summed E-state index contributed by atoms with van der Waals surface area (Å²) in [5.74, 6) is -0.0288. The molecule has 0 aliphatic carbocycles. The molecule has 0 atom stereocenters. The van der Waals surface area contributed by atoms with E-state index in [2.05, 4.69) is 0 Å². The van der Waals surface area contributed by atoms with Crippen molar-refractivity contribution in [1.82, 2.24) is 4.31 Å². The number of aryl methyl sites for hydroxylation is 1. The van der Waals surface area contributed by atoms with Crippen LogP contribution in [0.3, 0.4) is 0 Å². The second-order valence-corrected chi connectivity index (χ2v) is 8.59. The van der Waals surface area contributed by atoms with Crippen LogP contribution < -0.4 is 4.90 Å². The minimum absolute atomic E-state index is 0.0288. The second-order valence-electron chi connectivity index (χ2n) is 6.61. The number of rotatable bonds is 6. The fourth-order valence-electron chi connectivity index (χ4n) is 3.30. The third-order valence-electron chi connectivity index (χ3n) is 4.66. The van der Waals surface area contributed by atoms with Gasteiger partial charge in [-0.25, -0.2) is 8.42 Å². The lowest BCUT2D eigenvalue weighted by Crippen LogP contribution is -2.38. The van der Waals surface area contributed by atoms with Gasteiger partial charge in [0.25, 0.3) is 0 Å². The highest BCUT2D eigenvalue weighted by atomic mass is 32.2. The smallest absolute Gasteiger partial charge is 0.228 e. The van der Waals surface area contributed by atoms with E-state index >= 15 is 0 Å². The Kier molecular flexibility index (Phi) is 5.74.